The van der Waals surface area contributed by atoms with E-state index < -0.39 is 19.5 Å². The van der Waals surface area contributed by atoms with Gasteiger partial charge in [0.2, 0.25) is 17.7 Å². The van der Waals surface area contributed by atoms with E-state index in [9.17, 15) is 14.3 Å². The zero-order chi connectivity index (χ0) is 25.6. The molecular weight excluding hydrogens is 474 g/mol. The number of amides is 1. The highest BCUT2D eigenvalue weighted by Gasteiger charge is 2.29. The molecule has 0 saturated carbocycles. The molecule has 0 bridgehead atoms. The molecule has 1 fully saturated rings. The number of anilines is 1. The van der Waals surface area contributed by atoms with Gasteiger partial charge in [0.15, 0.2) is 11.8 Å². The zero-order valence-corrected chi connectivity index (χ0v) is 21.2. The third-order valence-electron chi connectivity index (χ3n) is 5.62. The summed E-state index contributed by atoms with van der Waals surface area (Å²) in [5.74, 6) is -0.164. The summed E-state index contributed by atoms with van der Waals surface area (Å²) < 4.78 is 21.6. The van der Waals surface area contributed by atoms with Crippen molar-refractivity contribution in [3.63, 3.8) is 0 Å². The zero-order valence-electron chi connectivity index (χ0n) is 20.3. The smallest absolute Gasteiger partial charge is 0.248 e. The minimum atomic E-state index is -0.630. The summed E-state index contributed by atoms with van der Waals surface area (Å²) in [7, 11) is 2.41. The number of likely N-dealkylation sites (N-methyl/N-ethyl adjacent to an activating group) is 1. The number of nitrogens with zero attached hydrogens (tertiary/aromatic N) is 4. The lowest BCUT2D eigenvalue weighted by Crippen LogP contribution is -2.31. The number of nitrogens with one attached hydrogen (secondary N) is 3. The molecule has 3 rings (SSSR count). The molecule has 3 heterocycles. The molecule has 2 aromatic rings. The molecule has 1 amide bonds. The molecule has 0 aliphatic carbocycles. The lowest BCUT2D eigenvalue weighted by molar-refractivity contribution is -0.117. The van der Waals surface area contributed by atoms with E-state index in [1.54, 1.807) is 0 Å². The summed E-state index contributed by atoms with van der Waals surface area (Å²) in [5, 5.41) is 23.2. The molecule has 0 spiro atoms. The third kappa shape index (κ3) is 6.67. The second kappa shape index (κ2) is 11.5. The van der Waals surface area contributed by atoms with Crippen LogP contribution in [0, 0.1) is 5.82 Å². The first-order valence-corrected chi connectivity index (χ1v) is 12.9. The maximum absolute atomic E-state index is 14.8. The van der Waals surface area contributed by atoms with Gasteiger partial charge in [-0.1, -0.05) is 6.92 Å². The Morgan fingerprint density at radius 1 is 1.46 bits per heavy atom. The minimum Gasteiger partial charge on any atom is -0.479 e. The lowest BCUT2D eigenvalue weighted by atomic mass is 10.0. The van der Waals surface area contributed by atoms with Crippen LogP contribution in [0.1, 0.15) is 38.7 Å². The Balaban J connectivity index is 1.77. The average Bonchev–Trinajstić information content (AvgIpc) is 3.14. The summed E-state index contributed by atoms with van der Waals surface area (Å²) in [6, 6.07) is 0. The Hall–Kier alpha value is -3.24. The first kappa shape index (κ1) is 26.4. The molecule has 1 saturated heterocycles. The number of guanidine groups is 1. The largest absolute Gasteiger partial charge is 0.479 e. The SMILES string of the molecule is CC/C(=C\N=C(N)N/C=C/c1c(F)cn2nc(NP3CCC(C)(O)CC3)nc(OC)c12)C(=O)NC. The Morgan fingerprint density at radius 2 is 2.17 bits per heavy atom. The molecule has 0 unspecified atom stereocenters. The Bertz CT molecular complexity index is 1150. The number of aliphatic imine (C=N–C) groups is 1. The van der Waals surface area contributed by atoms with Crippen LogP contribution in [0.4, 0.5) is 10.3 Å². The number of hydrogen-bond donors (Lipinski definition) is 5. The molecule has 13 heteroatoms. The predicted octanol–water partition coefficient (Wildman–Crippen LogP) is 2.15. The molecule has 11 nitrogen and oxygen atoms in total. The molecular formula is C22H32FN8O3P. The molecule has 35 heavy (non-hydrogen) atoms. The summed E-state index contributed by atoms with van der Waals surface area (Å²) in [4.78, 5) is 20.1. The van der Waals surface area contributed by atoms with E-state index in [0.717, 1.165) is 12.3 Å². The van der Waals surface area contributed by atoms with Crippen molar-refractivity contribution in [2.24, 2.45) is 10.7 Å². The van der Waals surface area contributed by atoms with Crippen molar-refractivity contribution >= 4 is 37.5 Å². The van der Waals surface area contributed by atoms with Crippen LogP contribution in [-0.2, 0) is 4.79 Å². The maximum Gasteiger partial charge on any atom is 0.248 e. The lowest BCUT2D eigenvalue weighted by Gasteiger charge is -2.33. The van der Waals surface area contributed by atoms with Crippen LogP contribution in [0.3, 0.4) is 0 Å². The Labute approximate surface area is 204 Å². The van der Waals surface area contributed by atoms with Gasteiger partial charge in [0.1, 0.15) is 5.52 Å². The molecule has 1 aliphatic rings. The number of rotatable bonds is 8. The fraction of sp³-hybridized carbons (Fsp3) is 0.455. The quantitative estimate of drug-likeness (QED) is 0.158. The van der Waals surface area contributed by atoms with Gasteiger partial charge in [0.25, 0.3) is 0 Å². The number of aromatic nitrogens is 3. The standard InChI is InChI=1S/C22H32FN8O3P/c1-5-14(18(32)25-3)12-27-20(24)26-9-6-15-16(23)13-31-17(15)19(34-4)28-21(29-31)30-35-10-7-22(2,33)8-11-35/h6,9,12-13,33H,5,7-8,10-11H2,1-4H3,(H,25,32)(H,29,30)(H3,24,26,27)/b9-6+,14-12+. The Kier molecular flexibility index (Phi) is 8.63. The van der Waals surface area contributed by atoms with Gasteiger partial charge in [-0.25, -0.2) is 13.9 Å². The maximum atomic E-state index is 14.8. The van der Waals surface area contributed by atoms with Crippen molar-refractivity contribution in [2.45, 2.75) is 38.7 Å². The van der Waals surface area contributed by atoms with Gasteiger partial charge < -0.3 is 31.3 Å². The van der Waals surface area contributed by atoms with Crippen LogP contribution >= 0.6 is 8.07 Å². The van der Waals surface area contributed by atoms with E-state index in [2.05, 4.69) is 30.8 Å². The highest BCUT2D eigenvalue weighted by molar-refractivity contribution is 7.59. The number of carbonyl (C=O) groups is 1. The number of fused-ring (bicyclic) bond motifs is 1. The second-order valence-corrected chi connectivity index (χ2v) is 10.5. The Morgan fingerprint density at radius 3 is 2.80 bits per heavy atom. The topological polar surface area (TPSA) is 151 Å². The van der Waals surface area contributed by atoms with Gasteiger partial charge in [0.05, 0.1) is 18.9 Å². The van der Waals surface area contributed by atoms with Gasteiger partial charge in [-0.3, -0.25) is 4.79 Å². The number of carbonyl (C=O) groups excluding carboxylic acids is 1. The van der Waals surface area contributed by atoms with Crippen molar-refractivity contribution < 1.29 is 19.0 Å². The monoisotopic (exact) mass is 506 g/mol. The van der Waals surface area contributed by atoms with Crippen molar-refractivity contribution in [3.05, 3.63) is 35.6 Å². The summed E-state index contributed by atoms with van der Waals surface area (Å²) in [6.07, 6.45) is 9.12. The molecule has 0 atom stereocenters. The van der Waals surface area contributed by atoms with Gasteiger partial charge in [0, 0.05) is 30.6 Å². The number of hydrogen-bond acceptors (Lipinski definition) is 7. The van der Waals surface area contributed by atoms with Crippen LogP contribution in [0.15, 0.2) is 29.2 Å². The highest BCUT2D eigenvalue weighted by Crippen LogP contribution is 2.44. The minimum absolute atomic E-state index is 0.0310. The third-order valence-corrected chi connectivity index (χ3v) is 7.67. The van der Waals surface area contributed by atoms with Crippen LogP contribution in [0.5, 0.6) is 5.88 Å². The molecule has 2 aromatic heterocycles. The van der Waals surface area contributed by atoms with E-state index in [-0.39, 0.29) is 23.3 Å². The van der Waals surface area contributed by atoms with E-state index in [1.807, 2.05) is 13.8 Å². The van der Waals surface area contributed by atoms with Gasteiger partial charge in [-0.15, -0.1) is 5.10 Å². The fourth-order valence-electron chi connectivity index (χ4n) is 3.50. The first-order valence-electron chi connectivity index (χ1n) is 11.2. The first-order chi connectivity index (χ1) is 16.7. The van der Waals surface area contributed by atoms with Crippen molar-refractivity contribution in [1.29, 1.82) is 0 Å². The van der Waals surface area contributed by atoms with Crippen LogP contribution in [0.2, 0.25) is 0 Å². The molecule has 190 valence electrons. The number of halogens is 1. The van der Waals surface area contributed by atoms with Gasteiger partial charge in [-0.2, -0.15) is 4.98 Å². The number of ether oxygens (including phenoxy) is 1. The van der Waals surface area contributed by atoms with E-state index in [0.29, 0.717) is 36.3 Å². The molecule has 6 N–H and O–H groups in total. The predicted molar refractivity (Wildman–Crippen MR) is 136 cm³/mol. The molecule has 1 aliphatic heterocycles. The summed E-state index contributed by atoms with van der Waals surface area (Å²) in [6.45, 7) is 3.68. The average molecular weight is 507 g/mol. The molecule has 0 radical (unpaired) electrons. The van der Waals surface area contributed by atoms with Gasteiger partial charge >= 0.3 is 0 Å². The van der Waals surface area contributed by atoms with Crippen molar-refractivity contribution in [3.8, 4) is 5.88 Å². The van der Waals surface area contributed by atoms with Crippen molar-refractivity contribution in [2.75, 3.05) is 31.6 Å². The fourth-order valence-corrected chi connectivity index (χ4v) is 5.83. The van der Waals surface area contributed by atoms with Crippen molar-refractivity contribution in [1.82, 2.24) is 25.2 Å². The summed E-state index contributed by atoms with van der Waals surface area (Å²) in [5.41, 5.74) is 6.24. The highest BCUT2D eigenvalue weighted by atomic mass is 31.1. The van der Waals surface area contributed by atoms with E-state index >= 15 is 0 Å². The second-order valence-electron chi connectivity index (χ2n) is 8.30. The van der Waals surface area contributed by atoms with E-state index in [1.165, 1.54) is 43.3 Å². The molecule has 0 aromatic carbocycles. The summed E-state index contributed by atoms with van der Waals surface area (Å²) >= 11 is 0. The normalized spacial score (nSPS) is 21.4. The van der Waals surface area contributed by atoms with Gasteiger partial charge in [-0.05, 0) is 52.7 Å². The van der Waals surface area contributed by atoms with Crippen LogP contribution in [0.25, 0.3) is 11.6 Å². The number of nitrogens with two attached hydrogens (primary N) is 1. The van der Waals surface area contributed by atoms with Crippen LogP contribution in [-0.4, -0.2) is 63.7 Å². The number of aliphatic hydroxyl groups is 1. The van der Waals surface area contributed by atoms with E-state index in [4.69, 9.17) is 10.5 Å². The number of methoxy groups -OCH3 is 1. The van der Waals surface area contributed by atoms with Crippen LogP contribution < -0.4 is 26.2 Å².